The number of nitrogens with two attached hydrogens (primary N) is 1. The van der Waals surface area contributed by atoms with Gasteiger partial charge in [0.05, 0.1) is 5.52 Å². The predicted octanol–water partition coefficient (Wildman–Crippen LogP) is 2.49. The standard InChI is InChI=1S/C9H11N3.C2H6/c1-6-3-7(10)4-9-8(6)5-12(2)11-9;1-2/h3-5H,10H2,1-2H3;1-2H3. The van der Waals surface area contributed by atoms with Crippen LogP contribution in [-0.2, 0) is 7.05 Å². The molecule has 76 valence electrons. The molecule has 0 bridgehead atoms. The zero-order valence-corrected chi connectivity index (χ0v) is 9.20. The maximum atomic E-state index is 5.68. The van der Waals surface area contributed by atoms with E-state index in [1.807, 2.05) is 46.1 Å². The summed E-state index contributed by atoms with van der Waals surface area (Å²) in [6, 6.07) is 3.85. The van der Waals surface area contributed by atoms with E-state index in [2.05, 4.69) is 5.10 Å². The van der Waals surface area contributed by atoms with Gasteiger partial charge >= 0.3 is 0 Å². The number of nitrogens with zero attached hydrogens (tertiary/aromatic N) is 2. The molecule has 0 aliphatic heterocycles. The minimum Gasteiger partial charge on any atom is -0.399 e. The monoisotopic (exact) mass is 191 g/mol. The van der Waals surface area contributed by atoms with Gasteiger partial charge in [-0.3, -0.25) is 4.68 Å². The molecule has 3 heteroatoms. The molecule has 0 fully saturated rings. The Labute approximate surface area is 84.5 Å². The van der Waals surface area contributed by atoms with Crippen LogP contribution in [0.2, 0.25) is 0 Å². The van der Waals surface area contributed by atoms with Crippen molar-refractivity contribution >= 4 is 16.6 Å². The van der Waals surface area contributed by atoms with Crippen LogP contribution in [0.4, 0.5) is 5.69 Å². The third-order valence-electron chi connectivity index (χ3n) is 1.97. The van der Waals surface area contributed by atoms with Crippen molar-refractivity contribution in [3.8, 4) is 0 Å². The number of aromatic nitrogens is 2. The fourth-order valence-electron chi connectivity index (χ4n) is 1.44. The van der Waals surface area contributed by atoms with Crippen molar-refractivity contribution in [2.24, 2.45) is 7.05 Å². The minimum absolute atomic E-state index is 0.777. The van der Waals surface area contributed by atoms with E-state index >= 15 is 0 Å². The van der Waals surface area contributed by atoms with Crippen LogP contribution in [0.5, 0.6) is 0 Å². The van der Waals surface area contributed by atoms with E-state index < -0.39 is 0 Å². The van der Waals surface area contributed by atoms with Gasteiger partial charge in [0.15, 0.2) is 0 Å². The Bertz CT molecular complexity index is 429. The molecule has 1 aromatic carbocycles. The summed E-state index contributed by atoms with van der Waals surface area (Å²) in [5.74, 6) is 0. The van der Waals surface area contributed by atoms with Gasteiger partial charge in [-0.05, 0) is 24.6 Å². The van der Waals surface area contributed by atoms with Crippen molar-refractivity contribution in [1.29, 1.82) is 0 Å². The number of hydrogen-bond acceptors (Lipinski definition) is 2. The first-order valence-electron chi connectivity index (χ1n) is 4.86. The molecule has 0 saturated carbocycles. The average Bonchev–Trinajstić information content (AvgIpc) is 2.49. The van der Waals surface area contributed by atoms with Crippen LogP contribution in [0.25, 0.3) is 10.9 Å². The van der Waals surface area contributed by atoms with Crippen LogP contribution in [0.15, 0.2) is 18.3 Å². The Morgan fingerprint density at radius 3 is 2.57 bits per heavy atom. The second-order valence-electron chi connectivity index (χ2n) is 3.07. The average molecular weight is 191 g/mol. The highest BCUT2D eigenvalue weighted by molar-refractivity contribution is 5.84. The summed E-state index contributed by atoms with van der Waals surface area (Å²) in [6.07, 6.45) is 2.00. The maximum absolute atomic E-state index is 5.68. The van der Waals surface area contributed by atoms with Gasteiger partial charge in [-0.25, -0.2) is 0 Å². The molecule has 14 heavy (non-hydrogen) atoms. The first-order valence-corrected chi connectivity index (χ1v) is 4.86. The molecule has 1 aromatic heterocycles. The highest BCUT2D eigenvalue weighted by Gasteiger charge is 2.01. The first-order chi connectivity index (χ1) is 6.66. The number of anilines is 1. The van der Waals surface area contributed by atoms with Crippen LogP contribution in [0.3, 0.4) is 0 Å². The molecule has 0 atom stereocenters. The molecular formula is C11H17N3. The van der Waals surface area contributed by atoms with E-state index in [-0.39, 0.29) is 0 Å². The van der Waals surface area contributed by atoms with Crippen molar-refractivity contribution in [1.82, 2.24) is 9.78 Å². The Morgan fingerprint density at radius 2 is 1.93 bits per heavy atom. The lowest BCUT2D eigenvalue weighted by Crippen LogP contribution is -1.86. The molecule has 1 heterocycles. The van der Waals surface area contributed by atoms with Gasteiger partial charge in [-0.2, -0.15) is 5.10 Å². The molecule has 3 nitrogen and oxygen atoms in total. The number of benzene rings is 1. The SMILES string of the molecule is CC.Cc1cc(N)cc2nn(C)cc12. The van der Waals surface area contributed by atoms with Crippen molar-refractivity contribution in [2.45, 2.75) is 20.8 Å². The van der Waals surface area contributed by atoms with Gasteiger partial charge in [0.1, 0.15) is 0 Å². The number of aryl methyl sites for hydroxylation is 2. The van der Waals surface area contributed by atoms with Crippen LogP contribution >= 0.6 is 0 Å². The lowest BCUT2D eigenvalue weighted by Gasteiger charge is -1.95. The maximum Gasteiger partial charge on any atom is 0.0946 e. The van der Waals surface area contributed by atoms with E-state index in [1.165, 1.54) is 10.9 Å². The van der Waals surface area contributed by atoms with Gasteiger partial charge < -0.3 is 5.73 Å². The molecule has 2 aromatic rings. The van der Waals surface area contributed by atoms with Crippen LogP contribution in [-0.4, -0.2) is 9.78 Å². The fraction of sp³-hybridized carbons (Fsp3) is 0.364. The van der Waals surface area contributed by atoms with E-state index in [0.29, 0.717) is 0 Å². The molecule has 0 amide bonds. The summed E-state index contributed by atoms with van der Waals surface area (Å²) in [5.41, 5.74) is 8.61. The van der Waals surface area contributed by atoms with Crippen molar-refractivity contribution in [3.63, 3.8) is 0 Å². The minimum atomic E-state index is 0.777. The van der Waals surface area contributed by atoms with E-state index in [9.17, 15) is 0 Å². The third-order valence-corrected chi connectivity index (χ3v) is 1.97. The van der Waals surface area contributed by atoms with Gasteiger partial charge in [-0.1, -0.05) is 13.8 Å². The van der Waals surface area contributed by atoms with E-state index in [1.54, 1.807) is 4.68 Å². The fourth-order valence-corrected chi connectivity index (χ4v) is 1.44. The number of nitrogen functional groups attached to an aromatic ring is 1. The molecule has 0 aliphatic rings. The Morgan fingerprint density at radius 1 is 1.29 bits per heavy atom. The molecule has 2 rings (SSSR count). The summed E-state index contributed by atoms with van der Waals surface area (Å²) in [4.78, 5) is 0. The largest absolute Gasteiger partial charge is 0.399 e. The van der Waals surface area contributed by atoms with Crippen LogP contribution < -0.4 is 5.73 Å². The Kier molecular flexibility index (Phi) is 3.12. The summed E-state index contributed by atoms with van der Waals surface area (Å²) < 4.78 is 1.80. The number of fused-ring (bicyclic) bond motifs is 1. The predicted molar refractivity (Wildman–Crippen MR) is 61.2 cm³/mol. The van der Waals surface area contributed by atoms with Crippen LogP contribution in [0.1, 0.15) is 19.4 Å². The molecule has 0 spiro atoms. The van der Waals surface area contributed by atoms with Crippen LogP contribution in [0, 0.1) is 6.92 Å². The Hall–Kier alpha value is -1.51. The van der Waals surface area contributed by atoms with Crippen molar-refractivity contribution < 1.29 is 0 Å². The molecule has 0 unspecified atom stereocenters. The van der Waals surface area contributed by atoms with Crippen molar-refractivity contribution in [3.05, 3.63) is 23.9 Å². The van der Waals surface area contributed by atoms with E-state index in [0.717, 1.165) is 11.2 Å². The topological polar surface area (TPSA) is 43.8 Å². The van der Waals surface area contributed by atoms with E-state index in [4.69, 9.17) is 5.73 Å². The van der Waals surface area contributed by atoms with Gasteiger partial charge in [-0.15, -0.1) is 0 Å². The van der Waals surface area contributed by atoms with Gasteiger partial charge in [0.25, 0.3) is 0 Å². The lowest BCUT2D eigenvalue weighted by molar-refractivity contribution is 0.780. The molecule has 2 N–H and O–H groups in total. The second kappa shape index (κ2) is 4.13. The van der Waals surface area contributed by atoms with Gasteiger partial charge in [0, 0.05) is 24.3 Å². The van der Waals surface area contributed by atoms with Crippen molar-refractivity contribution in [2.75, 3.05) is 5.73 Å². The third kappa shape index (κ3) is 1.87. The lowest BCUT2D eigenvalue weighted by atomic mass is 10.1. The zero-order chi connectivity index (χ0) is 10.7. The first kappa shape index (κ1) is 10.6. The highest BCUT2D eigenvalue weighted by Crippen LogP contribution is 2.19. The summed E-state index contributed by atoms with van der Waals surface area (Å²) in [7, 11) is 1.91. The smallest absolute Gasteiger partial charge is 0.0946 e. The molecule has 0 saturated heterocycles. The summed E-state index contributed by atoms with van der Waals surface area (Å²) in [5, 5.41) is 5.44. The number of rotatable bonds is 0. The second-order valence-corrected chi connectivity index (χ2v) is 3.07. The molecular weight excluding hydrogens is 174 g/mol. The number of hydrogen-bond donors (Lipinski definition) is 1. The van der Waals surface area contributed by atoms with Gasteiger partial charge in [0.2, 0.25) is 0 Å². The zero-order valence-electron chi connectivity index (χ0n) is 9.20. The normalized spacial score (nSPS) is 9.71. The summed E-state index contributed by atoms with van der Waals surface area (Å²) >= 11 is 0. The highest BCUT2D eigenvalue weighted by atomic mass is 15.2. The molecule has 0 radical (unpaired) electrons. The quantitative estimate of drug-likeness (QED) is 0.650. The molecule has 0 aliphatic carbocycles. The Balaban J connectivity index is 0.000000461. The summed E-state index contributed by atoms with van der Waals surface area (Å²) in [6.45, 7) is 6.04.